The van der Waals surface area contributed by atoms with E-state index in [1.54, 1.807) is 18.2 Å². The number of hydrogen-bond acceptors (Lipinski definition) is 5. The first kappa shape index (κ1) is 14.5. The highest BCUT2D eigenvalue weighted by molar-refractivity contribution is 7.92. The second kappa shape index (κ2) is 6.49. The van der Waals surface area contributed by atoms with E-state index in [0.717, 1.165) is 18.7 Å². The summed E-state index contributed by atoms with van der Waals surface area (Å²) < 4.78 is 26.6. The van der Waals surface area contributed by atoms with E-state index in [4.69, 9.17) is 0 Å². The summed E-state index contributed by atoms with van der Waals surface area (Å²) in [6.45, 7) is 3.57. The Kier molecular flexibility index (Phi) is 4.70. The number of hydrogen-bond donors (Lipinski definition) is 3. The summed E-state index contributed by atoms with van der Waals surface area (Å²) in [5.41, 5.74) is 0.818. The predicted molar refractivity (Wildman–Crippen MR) is 75.6 cm³/mol. The van der Waals surface area contributed by atoms with Crippen molar-refractivity contribution in [2.45, 2.75) is 24.8 Å². The van der Waals surface area contributed by atoms with Gasteiger partial charge in [-0.1, -0.05) is 6.92 Å². The lowest BCUT2D eigenvalue weighted by molar-refractivity contribution is 0.601. The molecule has 2 aromatic heterocycles. The Bertz CT molecular complexity index is 639. The van der Waals surface area contributed by atoms with E-state index in [2.05, 4.69) is 32.1 Å². The number of sulfonamides is 1. The van der Waals surface area contributed by atoms with Crippen molar-refractivity contribution in [1.82, 2.24) is 20.5 Å². The molecule has 0 unspecified atom stereocenters. The molecule has 0 aromatic carbocycles. The van der Waals surface area contributed by atoms with Crippen molar-refractivity contribution in [2.24, 2.45) is 0 Å². The second-order valence-electron chi connectivity index (χ2n) is 4.25. The van der Waals surface area contributed by atoms with Crippen molar-refractivity contribution < 1.29 is 8.42 Å². The Labute approximate surface area is 117 Å². The zero-order valence-corrected chi connectivity index (χ0v) is 11.9. The van der Waals surface area contributed by atoms with E-state index in [9.17, 15) is 8.42 Å². The van der Waals surface area contributed by atoms with Gasteiger partial charge in [-0.15, -0.1) is 5.10 Å². The molecule has 0 aliphatic rings. The quantitative estimate of drug-likeness (QED) is 0.664. The Balaban J connectivity index is 2.06. The molecule has 0 bridgehead atoms. The summed E-state index contributed by atoms with van der Waals surface area (Å²) in [5.74, 6) is 0.194. The lowest BCUT2D eigenvalue weighted by Crippen LogP contribution is -2.14. The first-order valence-electron chi connectivity index (χ1n) is 6.30. The Hall–Kier alpha value is -1.93. The van der Waals surface area contributed by atoms with Gasteiger partial charge in [0.2, 0.25) is 0 Å². The highest BCUT2D eigenvalue weighted by Crippen LogP contribution is 2.14. The Morgan fingerprint density at radius 1 is 1.40 bits per heavy atom. The highest BCUT2D eigenvalue weighted by Gasteiger charge is 2.16. The van der Waals surface area contributed by atoms with Gasteiger partial charge in [-0.2, -0.15) is 5.10 Å². The van der Waals surface area contributed by atoms with Crippen LogP contribution in [0.4, 0.5) is 5.82 Å². The maximum absolute atomic E-state index is 12.1. The lowest BCUT2D eigenvalue weighted by atomic mass is 10.4. The number of anilines is 1. The molecule has 0 saturated carbocycles. The van der Waals surface area contributed by atoms with E-state index in [1.165, 1.54) is 12.4 Å². The fourth-order valence-electron chi connectivity index (χ4n) is 1.63. The van der Waals surface area contributed by atoms with Crippen molar-refractivity contribution in [1.29, 1.82) is 0 Å². The van der Waals surface area contributed by atoms with Crippen molar-refractivity contribution in [3.05, 3.63) is 36.3 Å². The third-order valence-electron chi connectivity index (χ3n) is 2.58. The maximum Gasteiger partial charge on any atom is 0.264 e. The van der Waals surface area contributed by atoms with Gasteiger partial charge in [0.05, 0.1) is 0 Å². The number of nitrogens with zero attached hydrogens (tertiary/aromatic N) is 2. The fraction of sp³-hybridized carbons (Fsp3) is 0.333. The summed E-state index contributed by atoms with van der Waals surface area (Å²) in [4.78, 5) is 3.12. The van der Waals surface area contributed by atoms with Crippen LogP contribution in [-0.2, 0) is 16.6 Å². The predicted octanol–water partition coefficient (Wildman–Crippen LogP) is 1.11. The number of aromatic nitrogens is 3. The summed E-state index contributed by atoms with van der Waals surface area (Å²) in [6, 6.07) is 4.75. The topological polar surface area (TPSA) is 99.8 Å². The minimum atomic E-state index is -3.63. The summed E-state index contributed by atoms with van der Waals surface area (Å²) in [7, 11) is -3.63. The average molecular weight is 295 g/mol. The molecule has 8 heteroatoms. The van der Waals surface area contributed by atoms with E-state index in [0.29, 0.717) is 6.54 Å². The summed E-state index contributed by atoms with van der Waals surface area (Å²) in [5, 5.41) is 10.5. The Morgan fingerprint density at radius 3 is 2.95 bits per heavy atom. The van der Waals surface area contributed by atoms with Crippen LogP contribution in [-0.4, -0.2) is 30.1 Å². The van der Waals surface area contributed by atoms with Gasteiger partial charge in [0, 0.05) is 24.6 Å². The van der Waals surface area contributed by atoms with Crippen molar-refractivity contribution >= 4 is 15.8 Å². The molecule has 0 atom stereocenters. The molecule has 0 aliphatic carbocycles. The zero-order valence-electron chi connectivity index (χ0n) is 11.1. The van der Waals surface area contributed by atoms with Crippen LogP contribution in [0.1, 0.15) is 19.0 Å². The largest absolute Gasteiger partial charge is 0.363 e. The van der Waals surface area contributed by atoms with E-state index >= 15 is 0 Å². The maximum atomic E-state index is 12.1. The van der Waals surface area contributed by atoms with Crippen LogP contribution in [0.2, 0.25) is 0 Å². The molecule has 0 saturated heterocycles. The number of aromatic amines is 1. The molecule has 20 heavy (non-hydrogen) atoms. The normalized spacial score (nSPS) is 11.4. The minimum absolute atomic E-state index is 0.177. The summed E-state index contributed by atoms with van der Waals surface area (Å²) >= 11 is 0. The molecule has 2 rings (SSSR count). The number of H-pyrrole nitrogens is 1. The SMILES string of the molecule is CCCNCc1cc(S(=O)(=O)Nc2cccnn2)c[nH]1. The first-order chi connectivity index (χ1) is 9.62. The molecule has 2 aromatic rings. The molecule has 2 heterocycles. The van der Waals surface area contributed by atoms with Gasteiger partial charge >= 0.3 is 0 Å². The lowest BCUT2D eigenvalue weighted by Gasteiger charge is -2.03. The molecule has 0 spiro atoms. The van der Waals surface area contributed by atoms with Crippen LogP contribution >= 0.6 is 0 Å². The summed E-state index contributed by atoms with van der Waals surface area (Å²) in [6.07, 6.45) is 3.97. The zero-order chi connectivity index (χ0) is 14.4. The molecular weight excluding hydrogens is 278 g/mol. The monoisotopic (exact) mass is 295 g/mol. The van der Waals surface area contributed by atoms with Crippen molar-refractivity contribution in [3.63, 3.8) is 0 Å². The van der Waals surface area contributed by atoms with E-state index < -0.39 is 10.0 Å². The molecule has 0 aliphatic heterocycles. The van der Waals surface area contributed by atoms with Gasteiger partial charge in [0.1, 0.15) is 4.90 Å². The average Bonchev–Trinajstić information content (AvgIpc) is 2.89. The molecular formula is C12H17N5O2S. The van der Waals surface area contributed by atoms with Crippen LogP contribution in [0.25, 0.3) is 0 Å². The third kappa shape index (κ3) is 3.78. The van der Waals surface area contributed by atoms with Gasteiger partial charge in [0.25, 0.3) is 10.0 Å². The smallest absolute Gasteiger partial charge is 0.264 e. The standard InChI is InChI=1S/C12H17N5O2S/c1-2-5-13-8-10-7-11(9-14-10)20(18,19)17-12-4-3-6-15-16-12/h3-4,6-7,9,13-14H,2,5,8H2,1H3,(H,16,17). The van der Waals surface area contributed by atoms with Crippen LogP contribution in [0.5, 0.6) is 0 Å². The molecule has 7 nitrogen and oxygen atoms in total. The van der Waals surface area contributed by atoms with Crippen molar-refractivity contribution in [2.75, 3.05) is 11.3 Å². The number of rotatable bonds is 7. The van der Waals surface area contributed by atoms with Gasteiger partial charge in [-0.3, -0.25) is 4.72 Å². The highest BCUT2D eigenvalue weighted by atomic mass is 32.2. The van der Waals surface area contributed by atoms with Gasteiger partial charge < -0.3 is 10.3 Å². The molecule has 0 radical (unpaired) electrons. The third-order valence-corrected chi connectivity index (χ3v) is 3.91. The minimum Gasteiger partial charge on any atom is -0.363 e. The number of nitrogens with one attached hydrogen (secondary N) is 3. The van der Waals surface area contributed by atoms with Crippen LogP contribution in [0.15, 0.2) is 35.5 Å². The molecule has 3 N–H and O–H groups in total. The fourth-order valence-corrected chi connectivity index (χ4v) is 2.64. The second-order valence-corrected chi connectivity index (χ2v) is 5.93. The molecule has 0 amide bonds. The van der Waals surface area contributed by atoms with Crippen LogP contribution < -0.4 is 10.0 Å². The van der Waals surface area contributed by atoms with Crippen molar-refractivity contribution in [3.8, 4) is 0 Å². The van der Waals surface area contributed by atoms with Crippen LogP contribution in [0.3, 0.4) is 0 Å². The van der Waals surface area contributed by atoms with Gasteiger partial charge in [-0.05, 0) is 31.2 Å². The van der Waals surface area contributed by atoms with Crippen LogP contribution in [0, 0.1) is 0 Å². The van der Waals surface area contributed by atoms with E-state index in [-0.39, 0.29) is 10.7 Å². The molecule has 0 fully saturated rings. The van der Waals surface area contributed by atoms with Gasteiger partial charge in [-0.25, -0.2) is 8.42 Å². The van der Waals surface area contributed by atoms with E-state index in [1.807, 2.05) is 0 Å². The first-order valence-corrected chi connectivity index (χ1v) is 7.78. The Morgan fingerprint density at radius 2 is 2.25 bits per heavy atom. The molecule has 108 valence electrons. The van der Waals surface area contributed by atoms with Gasteiger partial charge in [0.15, 0.2) is 5.82 Å².